The molecule has 21 heavy (non-hydrogen) atoms. The number of rotatable bonds is 5. The van der Waals surface area contributed by atoms with Crippen molar-refractivity contribution in [3.05, 3.63) is 24.0 Å². The molecule has 1 fully saturated rings. The van der Waals surface area contributed by atoms with Crippen LogP contribution in [-0.2, 0) is 6.61 Å². The largest absolute Gasteiger partial charge is 0.390 e. The van der Waals surface area contributed by atoms with Crippen molar-refractivity contribution in [2.24, 2.45) is 5.92 Å². The van der Waals surface area contributed by atoms with Crippen molar-refractivity contribution in [1.29, 1.82) is 0 Å². The monoisotopic (exact) mass is 290 g/mol. The summed E-state index contributed by atoms with van der Waals surface area (Å²) in [7, 11) is 0. The third kappa shape index (κ3) is 3.71. The molecule has 0 spiro atoms. The highest BCUT2D eigenvalue weighted by Gasteiger charge is 2.27. The van der Waals surface area contributed by atoms with E-state index in [1.54, 1.807) is 0 Å². The Kier molecular flexibility index (Phi) is 5.04. The SMILES string of the molecule is OCc1cn([C@@H]2CCCC[C@@H]2NCC2CC=CCC2)nn1. The van der Waals surface area contributed by atoms with Crippen LogP contribution in [0.4, 0.5) is 0 Å². The van der Waals surface area contributed by atoms with Crippen molar-refractivity contribution in [3.63, 3.8) is 0 Å². The van der Waals surface area contributed by atoms with Gasteiger partial charge in [0.15, 0.2) is 0 Å². The van der Waals surface area contributed by atoms with E-state index in [-0.39, 0.29) is 6.61 Å². The molecule has 3 rings (SSSR count). The highest BCUT2D eigenvalue weighted by Crippen LogP contribution is 2.29. The molecule has 0 aromatic carbocycles. The summed E-state index contributed by atoms with van der Waals surface area (Å²) >= 11 is 0. The van der Waals surface area contributed by atoms with Gasteiger partial charge in [-0.2, -0.15) is 0 Å². The van der Waals surface area contributed by atoms with Gasteiger partial charge in [-0.05, 0) is 44.6 Å². The zero-order chi connectivity index (χ0) is 14.5. The molecule has 1 saturated carbocycles. The first kappa shape index (κ1) is 14.7. The maximum Gasteiger partial charge on any atom is 0.108 e. The lowest BCUT2D eigenvalue weighted by Gasteiger charge is -2.33. The van der Waals surface area contributed by atoms with Crippen LogP contribution < -0.4 is 5.32 Å². The molecule has 2 aliphatic rings. The molecule has 1 heterocycles. The highest BCUT2D eigenvalue weighted by atomic mass is 16.3. The molecular weight excluding hydrogens is 264 g/mol. The van der Waals surface area contributed by atoms with Crippen LogP contribution >= 0.6 is 0 Å². The van der Waals surface area contributed by atoms with Gasteiger partial charge in [0, 0.05) is 6.04 Å². The first-order valence-corrected chi connectivity index (χ1v) is 8.27. The fourth-order valence-electron chi connectivity index (χ4n) is 3.57. The van der Waals surface area contributed by atoms with E-state index in [2.05, 4.69) is 27.8 Å². The molecule has 0 radical (unpaired) electrons. The number of allylic oxidation sites excluding steroid dienone is 2. The predicted octanol–water partition coefficient (Wildman–Crippen LogP) is 2.20. The molecule has 5 heteroatoms. The molecule has 2 N–H and O–H groups in total. The maximum absolute atomic E-state index is 9.15. The van der Waals surface area contributed by atoms with Gasteiger partial charge in [0.2, 0.25) is 0 Å². The lowest BCUT2D eigenvalue weighted by molar-refractivity contribution is 0.233. The van der Waals surface area contributed by atoms with Gasteiger partial charge in [0.1, 0.15) is 5.69 Å². The fraction of sp³-hybridized carbons (Fsp3) is 0.750. The summed E-state index contributed by atoms with van der Waals surface area (Å²) in [5, 5.41) is 21.2. The Balaban J connectivity index is 1.59. The summed E-state index contributed by atoms with van der Waals surface area (Å²) < 4.78 is 1.96. The van der Waals surface area contributed by atoms with Crippen LogP contribution in [0.2, 0.25) is 0 Å². The third-order valence-electron chi connectivity index (χ3n) is 4.84. The topological polar surface area (TPSA) is 63.0 Å². The summed E-state index contributed by atoms with van der Waals surface area (Å²) in [6.07, 6.45) is 15.2. The van der Waals surface area contributed by atoms with Crippen molar-refractivity contribution in [2.45, 2.75) is 63.6 Å². The van der Waals surface area contributed by atoms with Gasteiger partial charge in [-0.25, -0.2) is 4.68 Å². The van der Waals surface area contributed by atoms with Crippen LogP contribution in [-0.4, -0.2) is 32.7 Å². The lowest BCUT2D eigenvalue weighted by atomic mass is 9.89. The van der Waals surface area contributed by atoms with Gasteiger partial charge in [0.25, 0.3) is 0 Å². The van der Waals surface area contributed by atoms with E-state index in [1.165, 1.54) is 38.5 Å². The maximum atomic E-state index is 9.15. The number of aromatic nitrogens is 3. The van der Waals surface area contributed by atoms with Gasteiger partial charge in [-0.15, -0.1) is 5.10 Å². The predicted molar refractivity (Wildman–Crippen MR) is 81.7 cm³/mol. The van der Waals surface area contributed by atoms with Gasteiger partial charge in [-0.1, -0.05) is 30.2 Å². The summed E-state index contributed by atoms with van der Waals surface area (Å²) in [6.45, 7) is 1.08. The van der Waals surface area contributed by atoms with Crippen molar-refractivity contribution in [3.8, 4) is 0 Å². The molecular formula is C16H26N4O. The molecule has 0 saturated heterocycles. The zero-order valence-electron chi connectivity index (χ0n) is 12.6. The van der Waals surface area contributed by atoms with Gasteiger partial charge in [-0.3, -0.25) is 0 Å². The Morgan fingerprint density at radius 1 is 1.24 bits per heavy atom. The van der Waals surface area contributed by atoms with E-state index in [0.29, 0.717) is 17.8 Å². The average molecular weight is 290 g/mol. The number of nitrogens with zero attached hydrogens (tertiary/aromatic N) is 3. The second kappa shape index (κ2) is 7.18. The van der Waals surface area contributed by atoms with Crippen LogP contribution in [0, 0.1) is 5.92 Å². The van der Waals surface area contributed by atoms with E-state index in [9.17, 15) is 0 Å². The highest BCUT2D eigenvalue weighted by molar-refractivity contribution is 4.95. The Morgan fingerprint density at radius 2 is 2.14 bits per heavy atom. The van der Waals surface area contributed by atoms with Crippen LogP contribution in [0.25, 0.3) is 0 Å². The van der Waals surface area contributed by atoms with Gasteiger partial charge >= 0.3 is 0 Å². The lowest BCUT2D eigenvalue weighted by Crippen LogP contribution is -2.42. The van der Waals surface area contributed by atoms with E-state index < -0.39 is 0 Å². The zero-order valence-corrected chi connectivity index (χ0v) is 12.6. The van der Waals surface area contributed by atoms with Crippen molar-refractivity contribution >= 4 is 0 Å². The quantitative estimate of drug-likeness (QED) is 0.816. The molecule has 0 amide bonds. The van der Waals surface area contributed by atoms with Gasteiger partial charge < -0.3 is 10.4 Å². The molecule has 0 aliphatic heterocycles. The normalized spacial score (nSPS) is 29.7. The van der Waals surface area contributed by atoms with Crippen LogP contribution in [0.3, 0.4) is 0 Å². The molecule has 1 aromatic rings. The minimum Gasteiger partial charge on any atom is -0.390 e. The van der Waals surface area contributed by atoms with Crippen LogP contribution in [0.5, 0.6) is 0 Å². The van der Waals surface area contributed by atoms with E-state index in [0.717, 1.165) is 18.9 Å². The minimum absolute atomic E-state index is 0.0285. The number of aliphatic hydroxyl groups is 1. The molecule has 2 aliphatic carbocycles. The molecule has 1 unspecified atom stereocenters. The first-order chi connectivity index (χ1) is 10.4. The Labute approximate surface area is 126 Å². The Hall–Kier alpha value is -1.20. The van der Waals surface area contributed by atoms with Crippen LogP contribution in [0.1, 0.15) is 56.7 Å². The third-order valence-corrected chi connectivity index (χ3v) is 4.84. The number of nitrogens with one attached hydrogen (secondary N) is 1. The van der Waals surface area contributed by atoms with Crippen LogP contribution in [0.15, 0.2) is 18.3 Å². The summed E-state index contributed by atoms with van der Waals surface area (Å²) in [5.41, 5.74) is 0.664. The van der Waals surface area contributed by atoms with Crippen molar-refractivity contribution in [1.82, 2.24) is 20.3 Å². The van der Waals surface area contributed by atoms with Crippen molar-refractivity contribution < 1.29 is 5.11 Å². The Bertz CT molecular complexity index is 471. The molecule has 5 nitrogen and oxygen atoms in total. The van der Waals surface area contributed by atoms with E-state index in [4.69, 9.17) is 5.11 Å². The molecule has 3 atom stereocenters. The Morgan fingerprint density at radius 3 is 2.90 bits per heavy atom. The molecule has 1 aromatic heterocycles. The second-order valence-corrected chi connectivity index (χ2v) is 6.37. The van der Waals surface area contributed by atoms with Crippen molar-refractivity contribution in [2.75, 3.05) is 6.54 Å². The van der Waals surface area contributed by atoms with Gasteiger partial charge in [0.05, 0.1) is 18.8 Å². The van der Waals surface area contributed by atoms with E-state index >= 15 is 0 Å². The average Bonchev–Trinajstić information content (AvgIpc) is 3.03. The first-order valence-electron chi connectivity index (χ1n) is 8.27. The molecule has 0 bridgehead atoms. The standard InChI is InChI=1S/C16H26N4O/c21-12-14-11-20(19-18-14)16-9-5-4-8-15(16)17-10-13-6-2-1-3-7-13/h1-2,11,13,15-17,21H,3-10,12H2/t13?,15-,16+/m0/s1. The number of hydrogen-bond acceptors (Lipinski definition) is 4. The summed E-state index contributed by atoms with van der Waals surface area (Å²) in [6, 6.07) is 0.864. The second-order valence-electron chi connectivity index (χ2n) is 6.37. The number of hydrogen-bond donors (Lipinski definition) is 2. The molecule has 116 valence electrons. The fourth-order valence-corrected chi connectivity index (χ4v) is 3.57. The smallest absolute Gasteiger partial charge is 0.108 e. The van der Waals surface area contributed by atoms with E-state index in [1.807, 2.05) is 10.9 Å². The number of aliphatic hydroxyl groups excluding tert-OH is 1. The summed E-state index contributed by atoms with van der Waals surface area (Å²) in [5.74, 6) is 0.779. The minimum atomic E-state index is -0.0285. The summed E-state index contributed by atoms with van der Waals surface area (Å²) in [4.78, 5) is 0.